The fourth-order valence-corrected chi connectivity index (χ4v) is 4.88. The summed E-state index contributed by atoms with van der Waals surface area (Å²) in [6.45, 7) is 5.02. The van der Waals surface area contributed by atoms with E-state index in [1.807, 2.05) is 12.3 Å². The van der Waals surface area contributed by atoms with Crippen molar-refractivity contribution in [2.75, 3.05) is 13.2 Å². The van der Waals surface area contributed by atoms with Crippen LogP contribution in [-0.4, -0.2) is 23.7 Å². The molecule has 0 amide bonds. The van der Waals surface area contributed by atoms with Gasteiger partial charge in [0.2, 0.25) is 0 Å². The first-order valence-electron chi connectivity index (χ1n) is 11.5. The van der Waals surface area contributed by atoms with Crippen LogP contribution in [0.3, 0.4) is 0 Å². The fourth-order valence-electron chi connectivity index (χ4n) is 4.88. The molecule has 1 spiro atoms. The first kappa shape index (κ1) is 21.0. The lowest BCUT2D eigenvalue weighted by Crippen LogP contribution is -2.36. The summed E-state index contributed by atoms with van der Waals surface area (Å²) < 4.78 is 6.05. The zero-order chi connectivity index (χ0) is 20.7. The van der Waals surface area contributed by atoms with Crippen molar-refractivity contribution >= 4 is 10.8 Å². The van der Waals surface area contributed by atoms with Crippen LogP contribution in [0.1, 0.15) is 62.6 Å². The molecule has 2 aromatic carbocycles. The van der Waals surface area contributed by atoms with E-state index in [-0.39, 0.29) is 5.60 Å². The zero-order valence-electron chi connectivity index (χ0n) is 18.1. The normalized spacial score (nSPS) is 20.1. The van der Waals surface area contributed by atoms with Crippen molar-refractivity contribution in [1.29, 1.82) is 0 Å². The van der Waals surface area contributed by atoms with Gasteiger partial charge in [-0.1, -0.05) is 62.2 Å². The van der Waals surface area contributed by atoms with E-state index in [2.05, 4.69) is 71.8 Å². The molecular formula is C27H34N2O. The van der Waals surface area contributed by atoms with Gasteiger partial charge in [0.15, 0.2) is 0 Å². The van der Waals surface area contributed by atoms with E-state index in [9.17, 15) is 0 Å². The molecule has 0 bridgehead atoms. The number of nitrogens with zero attached hydrogens (tertiary/aromatic N) is 1. The molecule has 158 valence electrons. The number of pyridine rings is 1. The highest BCUT2D eigenvalue weighted by Gasteiger charge is 2.40. The molecule has 3 nitrogen and oxygen atoms in total. The molecule has 1 saturated carbocycles. The summed E-state index contributed by atoms with van der Waals surface area (Å²) in [5, 5.41) is 5.96. The van der Waals surface area contributed by atoms with Crippen LogP contribution < -0.4 is 5.32 Å². The minimum absolute atomic E-state index is 0.209. The number of nitrogens with one attached hydrogen (secondary N) is 1. The smallest absolute Gasteiger partial charge is 0.0689 e. The number of hydrogen-bond donors (Lipinski definition) is 1. The standard InChI is InChI=1S/C14H19NO.C13H15N/c1-4-9-15-13(5-1)12-6-10-16-14(11-12)7-2-3-8-14;1-2-14-10-11-7-8-12-5-3-4-6-13(12)9-11/h1,4-5,9,12H,2-3,6-8,10-11H2;3-9,14H,2,10H2,1H3. The first-order valence-corrected chi connectivity index (χ1v) is 11.5. The Bertz CT molecular complexity index is 918. The summed E-state index contributed by atoms with van der Waals surface area (Å²) in [5.74, 6) is 0.619. The Morgan fingerprint density at radius 1 is 1.00 bits per heavy atom. The number of hydrogen-bond acceptors (Lipinski definition) is 3. The van der Waals surface area contributed by atoms with Crippen LogP contribution in [0.25, 0.3) is 10.8 Å². The zero-order valence-corrected chi connectivity index (χ0v) is 18.1. The first-order chi connectivity index (χ1) is 14.8. The summed E-state index contributed by atoms with van der Waals surface area (Å²) in [5.41, 5.74) is 2.82. The molecule has 5 rings (SSSR count). The molecule has 3 aromatic rings. The molecular weight excluding hydrogens is 368 g/mol. The van der Waals surface area contributed by atoms with Crippen LogP contribution >= 0.6 is 0 Å². The van der Waals surface area contributed by atoms with E-state index in [0.717, 1.165) is 26.1 Å². The van der Waals surface area contributed by atoms with E-state index >= 15 is 0 Å². The highest BCUT2D eigenvalue weighted by molar-refractivity contribution is 5.82. The third-order valence-electron chi connectivity index (χ3n) is 6.51. The Morgan fingerprint density at radius 2 is 1.80 bits per heavy atom. The van der Waals surface area contributed by atoms with Crippen molar-refractivity contribution in [1.82, 2.24) is 10.3 Å². The number of fused-ring (bicyclic) bond motifs is 1. The molecule has 1 unspecified atom stereocenters. The van der Waals surface area contributed by atoms with Gasteiger partial charge in [0.1, 0.15) is 0 Å². The summed E-state index contributed by atoms with van der Waals surface area (Å²) >= 11 is 0. The van der Waals surface area contributed by atoms with Crippen LogP contribution in [0, 0.1) is 0 Å². The third-order valence-corrected chi connectivity index (χ3v) is 6.51. The molecule has 30 heavy (non-hydrogen) atoms. The lowest BCUT2D eigenvalue weighted by molar-refractivity contribution is -0.0809. The number of ether oxygens (including phenoxy) is 1. The number of rotatable bonds is 4. The van der Waals surface area contributed by atoms with Crippen LogP contribution in [0.5, 0.6) is 0 Å². The van der Waals surface area contributed by atoms with Gasteiger partial charge >= 0.3 is 0 Å². The van der Waals surface area contributed by atoms with E-state index in [4.69, 9.17) is 4.74 Å². The Hall–Kier alpha value is -2.23. The van der Waals surface area contributed by atoms with Gasteiger partial charge < -0.3 is 10.1 Å². The van der Waals surface area contributed by atoms with Crippen molar-refractivity contribution in [3.05, 3.63) is 78.1 Å². The Kier molecular flexibility index (Phi) is 7.14. The van der Waals surface area contributed by atoms with E-state index in [1.165, 1.54) is 54.1 Å². The quantitative estimate of drug-likeness (QED) is 0.561. The maximum atomic E-state index is 6.05. The Balaban J connectivity index is 0.000000147. The maximum Gasteiger partial charge on any atom is 0.0689 e. The SMILES string of the molecule is CCNCc1ccc2ccccc2c1.c1ccc(C2CCOC3(CCCC3)C2)nc1. The van der Waals surface area contributed by atoms with Crippen LogP contribution in [-0.2, 0) is 11.3 Å². The molecule has 1 atom stereocenters. The summed E-state index contributed by atoms with van der Waals surface area (Å²) in [4.78, 5) is 4.50. The van der Waals surface area contributed by atoms with Crippen molar-refractivity contribution in [2.45, 2.75) is 63.5 Å². The highest BCUT2D eigenvalue weighted by Crippen LogP contribution is 2.44. The lowest BCUT2D eigenvalue weighted by atomic mass is 9.83. The van der Waals surface area contributed by atoms with Gasteiger partial charge in [-0.3, -0.25) is 4.98 Å². The Morgan fingerprint density at radius 3 is 2.57 bits per heavy atom. The van der Waals surface area contributed by atoms with Gasteiger partial charge in [0, 0.05) is 31.0 Å². The minimum atomic E-state index is 0.209. The van der Waals surface area contributed by atoms with E-state index in [0.29, 0.717) is 5.92 Å². The molecule has 3 heteroatoms. The van der Waals surface area contributed by atoms with Crippen LogP contribution in [0.15, 0.2) is 66.9 Å². The molecule has 1 saturated heterocycles. The second-order valence-corrected chi connectivity index (χ2v) is 8.64. The second-order valence-electron chi connectivity index (χ2n) is 8.64. The van der Waals surface area contributed by atoms with Crippen LogP contribution in [0.4, 0.5) is 0 Å². The van der Waals surface area contributed by atoms with Gasteiger partial charge in [-0.15, -0.1) is 0 Å². The van der Waals surface area contributed by atoms with Crippen molar-refractivity contribution in [2.24, 2.45) is 0 Å². The summed E-state index contributed by atoms with van der Waals surface area (Å²) in [7, 11) is 0. The van der Waals surface area contributed by atoms with Crippen molar-refractivity contribution in [3.63, 3.8) is 0 Å². The Labute approximate surface area is 180 Å². The number of benzene rings is 2. The highest BCUT2D eigenvalue weighted by atomic mass is 16.5. The third kappa shape index (κ3) is 5.27. The van der Waals surface area contributed by atoms with Gasteiger partial charge in [-0.2, -0.15) is 0 Å². The molecule has 1 aromatic heterocycles. The monoisotopic (exact) mass is 402 g/mol. The molecule has 1 N–H and O–H groups in total. The van der Waals surface area contributed by atoms with Crippen LogP contribution in [0.2, 0.25) is 0 Å². The second kappa shape index (κ2) is 10.2. The van der Waals surface area contributed by atoms with Gasteiger partial charge in [-0.25, -0.2) is 0 Å². The average molecular weight is 403 g/mol. The molecule has 2 fully saturated rings. The average Bonchev–Trinajstić information content (AvgIpc) is 3.26. The van der Waals surface area contributed by atoms with E-state index < -0.39 is 0 Å². The summed E-state index contributed by atoms with van der Waals surface area (Å²) in [6, 6.07) is 21.3. The largest absolute Gasteiger partial charge is 0.375 e. The van der Waals surface area contributed by atoms with Gasteiger partial charge in [-0.05, 0) is 66.8 Å². The molecule has 2 aliphatic rings. The van der Waals surface area contributed by atoms with Gasteiger partial charge in [0.05, 0.1) is 5.60 Å². The van der Waals surface area contributed by atoms with Gasteiger partial charge in [0.25, 0.3) is 0 Å². The fraction of sp³-hybridized carbons (Fsp3) is 0.444. The topological polar surface area (TPSA) is 34.1 Å². The molecule has 2 heterocycles. The molecule has 0 radical (unpaired) electrons. The maximum absolute atomic E-state index is 6.05. The van der Waals surface area contributed by atoms with Crippen molar-refractivity contribution < 1.29 is 4.74 Å². The predicted octanol–water partition coefficient (Wildman–Crippen LogP) is 6.24. The predicted molar refractivity (Wildman–Crippen MR) is 125 cm³/mol. The van der Waals surface area contributed by atoms with Crippen molar-refractivity contribution in [3.8, 4) is 0 Å². The minimum Gasteiger partial charge on any atom is -0.375 e. The van der Waals surface area contributed by atoms with E-state index in [1.54, 1.807) is 0 Å². The molecule has 1 aliphatic heterocycles. The molecule has 1 aliphatic carbocycles. The summed E-state index contributed by atoms with van der Waals surface area (Å²) in [6.07, 6.45) is 9.44. The number of aromatic nitrogens is 1. The lowest BCUT2D eigenvalue weighted by Gasteiger charge is -2.38.